The number of nitrogens with one attached hydrogen (secondary N) is 1. The first-order valence-electron chi connectivity index (χ1n) is 9.67. The summed E-state index contributed by atoms with van der Waals surface area (Å²) in [6.45, 7) is 6.62. The van der Waals surface area contributed by atoms with Crippen LogP contribution in [0.1, 0.15) is 33.6 Å². The molecular weight excluding hydrogens is 392 g/mol. The third-order valence-corrected chi connectivity index (χ3v) is 6.32. The Labute approximate surface area is 173 Å². The number of anilines is 2. The van der Waals surface area contributed by atoms with Gasteiger partial charge in [-0.3, -0.25) is 14.5 Å². The molecule has 4 rings (SSSR count). The predicted octanol–water partition coefficient (Wildman–Crippen LogP) is 2.10. The molecule has 2 amide bonds. The molecule has 0 saturated carbocycles. The molecular formula is C19H24N6O3S. The van der Waals surface area contributed by atoms with E-state index >= 15 is 0 Å². The number of tetrazole rings is 1. The lowest BCUT2D eigenvalue weighted by atomic mass is 9.96. The van der Waals surface area contributed by atoms with Crippen LogP contribution in [-0.4, -0.2) is 55.5 Å². The Hall–Kier alpha value is -2.46. The molecule has 3 heterocycles. The van der Waals surface area contributed by atoms with Crippen molar-refractivity contribution in [3.8, 4) is 0 Å². The molecule has 1 aromatic carbocycles. The molecule has 1 N–H and O–H groups in total. The standard InChI is InChI=1S/C19H24N6O3S/c1-12(29-18-21-22-23-24(18)11-13-7-6-10-28-13)16(26)25-15-9-5-4-8-14(15)20-17(27)19(25,2)3/h4-5,8-9,12-13H,6-7,10-11H2,1-3H3,(H,20,27)/t12-,13+/m0/s1. The highest BCUT2D eigenvalue weighted by Gasteiger charge is 2.45. The number of hydrogen-bond donors (Lipinski definition) is 1. The first-order valence-corrected chi connectivity index (χ1v) is 10.5. The van der Waals surface area contributed by atoms with Crippen molar-refractivity contribution in [2.24, 2.45) is 0 Å². The summed E-state index contributed by atoms with van der Waals surface area (Å²) in [7, 11) is 0. The van der Waals surface area contributed by atoms with E-state index in [1.807, 2.05) is 25.1 Å². The van der Waals surface area contributed by atoms with Crippen LogP contribution in [0.25, 0.3) is 0 Å². The summed E-state index contributed by atoms with van der Waals surface area (Å²) >= 11 is 1.29. The van der Waals surface area contributed by atoms with Crippen molar-refractivity contribution in [2.75, 3.05) is 16.8 Å². The van der Waals surface area contributed by atoms with Crippen LogP contribution >= 0.6 is 11.8 Å². The summed E-state index contributed by atoms with van der Waals surface area (Å²) in [5, 5.41) is 14.8. The fourth-order valence-corrected chi connectivity index (χ4v) is 4.45. The zero-order chi connectivity index (χ0) is 20.6. The lowest BCUT2D eigenvalue weighted by molar-refractivity contribution is -0.126. The fraction of sp³-hybridized carbons (Fsp3) is 0.526. The molecule has 2 aromatic rings. The van der Waals surface area contributed by atoms with Crippen LogP contribution in [0.3, 0.4) is 0 Å². The molecule has 0 radical (unpaired) electrons. The molecule has 2 atom stereocenters. The summed E-state index contributed by atoms with van der Waals surface area (Å²) in [6.07, 6.45) is 2.11. The van der Waals surface area contributed by atoms with E-state index in [2.05, 4.69) is 20.8 Å². The van der Waals surface area contributed by atoms with Crippen molar-refractivity contribution in [2.45, 2.75) is 62.2 Å². The van der Waals surface area contributed by atoms with E-state index in [1.165, 1.54) is 11.8 Å². The number of hydrogen-bond acceptors (Lipinski definition) is 7. The number of benzene rings is 1. The van der Waals surface area contributed by atoms with Gasteiger partial charge >= 0.3 is 0 Å². The number of ether oxygens (including phenoxy) is 1. The summed E-state index contributed by atoms with van der Waals surface area (Å²) in [5.74, 6) is -0.390. The van der Waals surface area contributed by atoms with Crippen LogP contribution < -0.4 is 10.2 Å². The van der Waals surface area contributed by atoms with Gasteiger partial charge in [0.25, 0.3) is 0 Å². The number of amides is 2. The Balaban J connectivity index is 1.55. The van der Waals surface area contributed by atoms with Crippen LogP contribution in [0.4, 0.5) is 11.4 Å². The molecule has 2 aliphatic rings. The van der Waals surface area contributed by atoms with E-state index in [0.717, 1.165) is 19.4 Å². The molecule has 0 spiro atoms. The Morgan fingerprint density at radius 3 is 2.97 bits per heavy atom. The summed E-state index contributed by atoms with van der Waals surface area (Å²) < 4.78 is 7.35. The van der Waals surface area contributed by atoms with E-state index in [4.69, 9.17) is 4.74 Å². The van der Waals surface area contributed by atoms with Crippen molar-refractivity contribution in [3.05, 3.63) is 24.3 Å². The van der Waals surface area contributed by atoms with Gasteiger partial charge in [0.15, 0.2) is 0 Å². The summed E-state index contributed by atoms with van der Waals surface area (Å²) in [5.41, 5.74) is 0.309. The molecule has 154 valence electrons. The minimum atomic E-state index is -1.01. The van der Waals surface area contributed by atoms with E-state index in [1.54, 1.807) is 29.5 Å². The third-order valence-electron chi connectivity index (χ3n) is 5.26. The van der Waals surface area contributed by atoms with Gasteiger partial charge in [-0.15, -0.1) is 5.10 Å². The first kappa shape index (κ1) is 19.8. The van der Waals surface area contributed by atoms with Gasteiger partial charge in [0.1, 0.15) is 5.54 Å². The first-order chi connectivity index (χ1) is 13.9. The molecule has 0 aliphatic carbocycles. The second-order valence-electron chi connectivity index (χ2n) is 7.74. The Bertz CT molecular complexity index is 924. The van der Waals surface area contributed by atoms with Gasteiger partial charge in [-0.1, -0.05) is 23.9 Å². The quantitative estimate of drug-likeness (QED) is 0.745. The zero-order valence-corrected chi connectivity index (χ0v) is 17.5. The molecule has 1 aromatic heterocycles. The molecule has 10 heteroatoms. The number of aromatic nitrogens is 4. The van der Waals surface area contributed by atoms with Gasteiger partial charge in [-0.05, 0) is 56.2 Å². The van der Waals surface area contributed by atoms with Gasteiger partial charge < -0.3 is 10.1 Å². The number of fused-ring (bicyclic) bond motifs is 1. The van der Waals surface area contributed by atoms with Crippen molar-refractivity contribution in [1.82, 2.24) is 20.2 Å². The molecule has 29 heavy (non-hydrogen) atoms. The Kier molecular flexibility index (Phi) is 5.30. The normalized spacial score (nSPS) is 21.6. The molecule has 1 saturated heterocycles. The molecule has 1 fully saturated rings. The van der Waals surface area contributed by atoms with Crippen molar-refractivity contribution < 1.29 is 14.3 Å². The van der Waals surface area contributed by atoms with E-state index in [9.17, 15) is 9.59 Å². The highest BCUT2D eigenvalue weighted by atomic mass is 32.2. The molecule has 0 bridgehead atoms. The summed E-state index contributed by atoms with van der Waals surface area (Å²) in [6, 6.07) is 7.32. The third kappa shape index (κ3) is 3.74. The van der Waals surface area contributed by atoms with Crippen molar-refractivity contribution >= 4 is 35.0 Å². The van der Waals surface area contributed by atoms with Gasteiger partial charge in [0.05, 0.1) is 29.3 Å². The van der Waals surface area contributed by atoms with Crippen LogP contribution in [0.15, 0.2) is 29.4 Å². The highest BCUT2D eigenvalue weighted by molar-refractivity contribution is 8.00. The highest BCUT2D eigenvalue weighted by Crippen LogP contribution is 2.38. The van der Waals surface area contributed by atoms with Crippen LogP contribution in [-0.2, 0) is 20.9 Å². The number of rotatable bonds is 5. The van der Waals surface area contributed by atoms with Crippen molar-refractivity contribution in [1.29, 1.82) is 0 Å². The maximum Gasteiger partial charge on any atom is 0.250 e. The smallest absolute Gasteiger partial charge is 0.250 e. The van der Waals surface area contributed by atoms with Gasteiger partial charge in [0, 0.05) is 6.61 Å². The summed E-state index contributed by atoms with van der Waals surface area (Å²) in [4.78, 5) is 27.6. The van der Waals surface area contributed by atoms with Gasteiger partial charge in [-0.2, -0.15) is 0 Å². The lowest BCUT2D eigenvalue weighted by Gasteiger charge is -2.43. The number of carbonyl (C=O) groups excluding carboxylic acids is 2. The second-order valence-corrected chi connectivity index (χ2v) is 9.05. The van der Waals surface area contributed by atoms with E-state index in [-0.39, 0.29) is 17.9 Å². The predicted molar refractivity (Wildman–Crippen MR) is 109 cm³/mol. The van der Waals surface area contributed by atoms with Gasteiger partial charge in [-0.25, -0.2) is 4.68 Å². The topological polar surface area (TPSA) is 102 Å². The van der Waals surface area contributed by atoms with Crippen LogP contribution in [0.2, 0.25) is 0 Å². The Morgan fingerprint density at radius 2 is 2.21 bits per heavy atom. The average Bonchev–Trinajstić information content (AvgIpc) is 3.35. The molecule has 0 unspecified atom stereocenters. The fourth-order valence-electron chi connectivity index (χ4n) is 3.61. The number of para-hydroxylation sites is 2. The largest absolute Gasteiger partial charge is 0.376 e. The van der Waals surface area contributed by atoms with Crippen molar-refractivity contribution in [3.63, 3.8) is 0 Å². The molecule has 9 nitrogen and oxygen atoms in total. The second kappa shape index (κ2) is 7.75. The van der Waals surface area contributed by atoms with E-state index < -0.39 is 10.8 Å². The Morgan fingerprint density at radius 1 is 1.41 bits per heavy atom. The van der Waals surface area contributed by atoms with Gasteiger partial charge in [0.2, 0.25) is 17.0 Å². The van der Waals surface area contributed by atoms with Crippen LogP contribution in [0.5, 0.6) is 0 Å². The zero-order valence-electron chi connectivity index (χ0n) is 16.7. The maximum atomic E-state index is 13.4. The molecule has 2 aliphatic heterocycles. The van der Waals surface area contributed by atoms with Crippen LogP contribution in [0, 0.1) is 0 Å². The minimum Gasteiger partial charge on any atom is -0.376 e. The number of nitrogens with zero attached hydrogens (tertiary/aromatic N) is 5. The average molecular weight is 417 g/mol. The minimum absolute atomic E-state index is 0.0976. The SMILES string of the molecule is C[C@H](Sc1nnnn1C[C@H]1CCCO1)C(=O)N1c2ccccc2NC(=O)C1(C)C. The number of thioether (sulfide) groups is 1. The van der Waals surface area contributed by atoms with E-state index in [0.29, 0.717) is 23.1 Å². The maximum absolute atomic E-state index is 13.4. The number of carbonyl (C=O) groups is 2. The monoisotopic (exact) mass is 416 g/mol. The lowest BCUT2D eigenvalue weighted by Crippen LogP contribution is -2.60.